The van der Waals surface area contributed by atoms with Gasteiger partial charge in [-0.15, -0.1) is 0 Å². The summed E-state index contributed by atoms with van der Waals surface area (Å²) in [4.78, 5) is 0.845. The molecule has 0 fully saturated rings. The molecule has 0 N–H and O–H groups in total. The van der Waals surface area contributed by atoms with Crippen LogP contribution >= 0.6 is 0 Å². The summed E-state index contributed by atoms with van der Waals surface area (Å²) in [5, 5.41) is 0. The summed E-state index contributed by atoms with van der Waals surface area (Å²) in [6.07, 6.45) is 0. The summed E-state index contributed by atoms with van der Waals surface area (Å²) >= 11 is 0. The molecule has 0 atom stereocenters. The zero-order chi connectivity index (χ0) is 16.5. The fourth-order valence-electron chi connectivity index (χ4n) is 1.97. The maximum absolute atomic E-state index is 12.1. The van der Waals surface area contributed by atoms with Gasteiger partial charge in [0, 0.05) is 11.1 Å². The second-order valence-electron chi connectivity index (χ2n) is 3.50. The normalized spacial score (nSPS) is 12.1. The summed E-state index contributed by atoms with van der Waals surface area (Å²) < 4.78 is 24.2. The predicted molar refractivity (Wildman–Crippen MR) is 91.4 cm³/mol. The molecule has 0 aliphatic carbocycles. The van der Waals surface area contributed by atoms with E-state index in [-0.39, 0.29) is 0 Å². The van der Waals surface area contributed by atoms with Gasteiger partial charge in [0.25, 0.3) is 0 Å². The largest absolute Gasteiger partial charge is 0.218 e. The SMILES string of the molecule is CC.CC.CC.O=S1(=O)c2ccccc2-c2ccccc21. The van der Waals surface area contributed by atoms with Crippen LogP contribution in [0.5, 0.6) is 0 Å². The van der Waals surface area contributed by atoms with E-state index in [1.54, 1.807) is 24.3 Å². The molecule has 2 nitrogen and oxygen atoms in total. The van der Waals surface area contributed by atoms with Crippen LogP contribution in [0.4, 0.5) is 0 Å². The Kier molecular flexibility index (Phi) is 8.63. The average molecular weight is 306 g/mol. The number of fused-ring (bicyclic) bond motifs is 3. The highest BCUT2D eigenvalue weighted by Gasteiger charge is 2.31. The Morgan fingerprint density at radius 1 is 0.571 bits per heavy atom. The van der Waals surface area contributed by atoms with E-state index in [1.807, 2.05) is 65.8 Å². The molecule has 1 aliphatic rings. The molecule has 0 saturated heterocycles. The highest BCUT2D eigenvalue weighted by Crippen LogP contribution is 2.42. The second kappa shape index (κ2) is 9.35. The van der Waals surface area contributed by atoms with E-state index in [2.05, 4.69) is 0 Å². The van der Waals surface area contributed by atoms with Gasteiger partial charge in [-0.05, 0) is 12.1 Å². The minimum Gasteiger partial charge on any atom is -0.218 e. The second-order valence-corrected chi connectivity index (χ2v) is 5.38. The third-order valence-electron chi connectivity index (χ3n) is 2.64. The lowest BCUT2D eigenvalue weighted by atomic mass is 10.1. The van der Waals surface area contributed by atoms with Crippen LogP contribution in [0.3, 0.4) is 0 Å². The van der Waals surface area contributed by atoms with Crippen LogP contribution in [0.2, 0.25) is 0 Å². The standard InChI is InChI=1S/C12H8O2S.3C2H6/c13-15(14)11-7-3-1-5-9(11)10-6-2-4-8-12(10)15;3*1-2/h1-8H;3*1-2H3. The maximum Gasteiger partial charge on any atom is 0.207 e. The van der Waals surface area contributed by atoms with Gasteiger partial charge in [-0.1, -0.05) is 77.9 Å². The van der Waals surface area contributed by atoms with E-state index in [1.165, 1.54) is 0 Å². The first-order valence-corrected chi connectivity index (χ1v) is 9.13. The molecule has 2 aromatic rings. The summed E-state index contributed by atoms with van der Waals surface area (Å²) in [5.74, 6) is 0. The highest BCUT2D eigenvalue weighted by molar-refractivity contribution is 7.92. The third-order valence-corrected chi connectivity index (χ3v) is 4.51. The van der Waals surface area contributed by atoms with Gasteiger partial charge in [0.05, 0.1) is 9.79 Å². The van der Waals surface area contributed by atoms with Crippen molar-refractivity contribution in [2.24, 2.45) is 0 Å². The van der Waals surface area contributed by atoms with E-state index in [0.717, 1.165) is 11.1 Å². The van der Waals surface area contributed by atoms with Gasteiger partial charge in [0.15, 0.2) is 0 Å². The molecule has 116 valence electrons. The quantitative estimate of drug-likeness (QED) is 0.543. The van der Waals surface area contributed by atoms with Crippen LogP contribution in [-0.2, 0) is 9.84 Å². The maximum atomic E-state index is 12.1. The minimum atomic E-state index is -3.26. The Labute approximate surface area is 129 Å². The summed E-state index contributed by atoms with van der Waals surface area (Å²) in [5.41, 5.74) is 1.63. The number of sulfone groups is 1. The number of hydrogen-bond acceptors (Lipinski definition) is 2. The lowest BCUT2D eigenvalue weighted by Crippen LogP contribution is -1.95. The fraction of sp³-hybridized carbons (Fsp3) is 0.333. The molecule has 3 heteroatoms. The van der Waals surface area contributed by atoms with Crippen molar-refractivity contribution in [3.63, 3.8) is 0 Å². The number of hydrogen-bond donors (Lipinski definition) is 0. The molecule has 1 heterocycles. The zero-order valence-corrected chi connectivity index (χ0v) is 14.7. The lowest BCUT2D eigenvalue weighted by molar-refractivity contribution is 0.598. The number of benzene rings is 2. The van der Waals surface area contributed by atoms with Crippen LogP contribution in [0.25, 0.3) is 11.1 Å². The molecule has 2 aromatic carbocycles. The molecule has 21 heavy (non-hydrogen) atoms. The van der Waals surface area contributed by atoms with Crippen LogP contribution in [0, 0.1) is 0 Å². The lowest BCUT2D eigenvalue weighted by Gasteiger charge is -1.95. The molecular formula is C18H26O2S. The van der Waals surface area contributed by atoms with E-state index in [9.17, 15) is 8.42 Å². The molecule has 0 bridgehead atoms. The van der Waals surface area contributed by atoms with Gasteiger partial charge >= 0.3 is 0 Å². The smallest absolute Gasteiger partial charge is 0.207 e. The molecule has 0 unspecified atom stereocenters. The van der Waals surface area contributed by atoms with E-state index in [4.69, 9.17) is 0 Å². The monoisotopic (exact) mass is 306 g/mol. The van der Waals surface area contributed by atoms with Crippen LogP contribution in [0.1, 0.15) is 41.5 Å². The highest BCUT2D eigenvalue weighted by atomic mass is 32.2. The van der Waals surface area contributed by atoms with E-state index < -0.39 is 9.84 Å². The molecule has 1 aliphatic heterocycles. The van der Waals surface area contributed by atoms with Gasteiger partial charge in [0.2, 0.25) is 9.84 Å². The van der Waals surface area contributed by atoms with Crippen LogP contribution in [-0.4, -0.2) is 8.42 Å². The molecular weight excluding hydrogens is 280 g/mol. The first-order valence-electron chi connectivity index (χ1n) is 7.65. The van der Waals surface area contributed by atoms with Crippen molar-refractivity contribution < 1.29 is 8.42 Å². The Morgan fingerprint density at radius 3 is 1.19 bits per heavy atom. The number of rotatable bonds is 0. The minimum absolute atomic E-state index is 0.422. The topological polar surface area (TPSA) is 34.1 Å². The van der Waals surface area contributed by atoms with Crippen molar-refractivity contribution in [2.45, 2.75) is 51.3 Å². The average Bonchev–Trinajstić information content (AvgIpc) is 2.82. The first kappa shape index (κ1) is 19.4. The van der Waals surface area contributed by atoms with Crippen molar-refractivity contribution in [1.29, 1.82) is 0 Å². The fourth-order valence-corrected chi connectivity index (χ4v) is 3.65. The summed E-state index contributed by atoms with van der Waals surface area (Å²) in [6.45, 7) is 12.0. The zero-order valence-electron chi connectivity index (χ0n) is 13.8. The van der Waals surface area contributed by atoms with Crippen LogP contribution in [0.15, 0.2) is 58.3 Å². The molecule has 0 spiro atoms. The van der Waals surface area contributed by atoms with Gasteiger partial charge in [-0.25, -0.2) is 8.42 Å². The van der Waals surface area contributed by atoms with Crippen molar-refractivity contribution in [3.05, 3.63) is 48.5 Å². The molecule has 0 aromatic heterocycles. The summed E-state index contributed by atoms with van der Waals surface area (Å²) in [7, 11) is -3.26. The summed E-state index contributed by atoms with van der Waals surface area (Å²) in [6, 6.07) is 14.2. The van der Waals surface area contributed by atoms with Crippen LogP contribution < -0.4 is 0 Å². The van der Waals surface area contributed by atoms with Gasteiger partial charge in [-0.2, -0.15) is 0 Å². The van der Waals surface area contributed by atoms with Gasteiger partial charge in [-0.3, -0.25) is 0 Å². The van der Waals surface area contributed by atoms with Crippen molar-refractivity contribution in [2.75, 3.05) is 0 Å². The molecule has 3 rings (SSSR count). The Morgan fingerprint density at radius 2 is 0.857 bits per heavy atom. The third kappa shape index (κ3) is 3.73. The van der Waals surface area contributed by atoms with E-state index in [0.29, 0.717) is 9.79 Å². The Balaban J connectivity index is 0.000000598. The first-order chi connectivity index (χ1) is 10.2. The molecule has 0 radical (unpaired) electrons. The van der Waals surface area contributed by atoms with Gasteiger partial charge in [0.1, 0.15) is 0 Å². The Bertz CT molecular complexity index is 592. The predicted octanol–water partition coefficient (Wildman–Crippen LogP) is 5.58. The Hall–Kier alpha value is -1.61. The van der Waals surface area contributed by atoms with Gasteiger partial charge < -0.3 is 0 Å². The molecule has 0 saturated carbocycles. The molecule has 0 amide bonds. The van der Waals surface area contributed by atoms with Crippen molar-refractivity contribution in [1.82, 2.24) is 0 Å². The van der Waals surface area contributed by atoms with Crippen molar-refractivity contribution in [3.8, 4) is 11.1 Å². The van der Waals surface area contributed by atoms with Crippen molar-refractivity contribution >= 4 is 9.84 Å². The van der Waals surface area contributed by atoms with E-state index >= 15 is 0 Å².